The van der Waals surface area contributed by atoms with Crippen LogP contribution >= 0.6 is 23.4 Å². The Hall–Kier alpha value is -2.08. The Morgan fingerprint density at radius 1 is 1.16 bits per heavy atom. The van der Waals surface area contributed by atoms with Crippen LogP contribution in [0.15, 0.2) is 58.5 Å². The average molecular weight is 370 g/mol. The van der Waals surface area contributed by atoms with Crippen molar-refractivity contribution in [3.8, 4) is 5.69 Å². The van der Waals surface area contributed by atoms with Gasteiger partial charge in [0.2, 0.25) is 6.23 Å². The number of aliphatic hydroxyl groups excluding tert-OH is 1. The van der Waals surface area contributed by atoms with E-state index in [0.29, 0.717) is 16.6 Å². The second-order valence-corrected chi connectivity index (χ2v) is 7.09. The first kappa shape index (κ1) is 16.4. The first-order valence-corrected chi connectivity index (χ1v) is 9.44. The van der Waals surface area contributed by atoms with Crippen LogP contribution in [0.25, 0.3) is 5.69 Å². The number of thioether (sulfide) groups is 1. The monoisotopic (exact) mass is 369 g/mol. The molecule has 0 spiro atoms. The van der Waals surface area contributed by atoms with Crippen LogP contribution in [0, 0.1) is 6.92 Å². The molecule has 0 amide bonds. The zero-order valence-electron chi connectivity index (χ0n) is 13.8. The van der Waals surface area contributed by atoms with Gasteiger partial charge in [0.05, 0.1) is 11.4 Å². The average Bonchev–Trinajstić information content (AvgIpc) is 2.95. The van der Waals surface area contributed by atoms with Gasteiger partial charge in [0, 0.05) is 32.9 Å². The molecule has 4 nitrogen and oxygen atoms in total. The van der Waals surface area contributed by atoms with Crippen molar-refractivity contribution in [3.63, 3.8) is 0 Å². The predicted octanol–water partition coefficient (Wildman–Crippen LogP) is 4.40. The molecule has 1 aliphatic heterocycles. The number of aliphatic imine (C=N–C) groups is 1. The molecule has 0 bridgehead atoms. The van der Waals surface area contributed by atoms with Gasteiger partial charge < -0.3 is 5.11 Å². The SMILES string of the molecule is CSc1ccc2c(c1)C(c1ccccc1Cl)=NC(O)c1ncc(C)n1-2. The van der Waals surface area contributed by atoms with Crippen LogP contribution in [0.5, 0.6) is 0 Å². The van der Waals surface area contributed by atoms with E-state index in [0.717, 1.165) is 27.4 Å². The minimum absolute atomic E-state index is 0.512. The normalized spacial score (nSPS) is 16.0. The van der Waals surface area contributed by atoms with E-state index in [-0.39, 0.29) is 0 Å². The van der Waals surface area contributed by atoms with Gasteiger partial charge in [0.25, 0.3) is 0 Å². The fraction of sp³-hybridized carbons (Fsp3) is 0.158. The smallest absolute Gasteiger partial charge is 0.205 e. The lowest BCUT2D eigenvalue weighted by atomic mass is 10.0. The van der Waals surface area contributed by atoms with Crippen LogP contribution in [0.3, 0.4) is 0 Å². The number of hydrogen-bond donors (Lipinski definition) is 1. The molecule has 0 saturated carbocycles. The predicted molar refractivity (Wildman–Crippen MR) is 102 cm³/mol. The van der Waals surface area contributed by atoms with Crippen molar-refractivity contribution in [1.29, 1.82) is 0 Å². The zero-order valence-corrected chi connectivity index (χ0v) is 15.3. The highest BCUT2D eigenvalue weighted by molar-refractivity contribution is 7.98. The summed E-state index contributed by atoms with van der Waals surface area (Å²) < 4.78 is 1.96. The van der Waals surface area contributed by atoms with Gasteiger partial charge in [-0.05, 0) is 37.4 Å². The lowest BCUT2D eigenvalue weighted by Crippen LogP contribution is -2.08. The van der Waals surface area contributed by atoms with E-state index in [1.54, 1.807) is 18.0 Å². The highest BCUT2D eigenvalue weighted by atomic mass is 35.5. The fourth-order valence-electron chi connectivity index (χ4n) is 3.10. The second kappa shape index (κ2) is 6.33. The highest BCUT2D eigenvalue weighted by Gasteiger charge is 2.26. The molecule has 1 aromatic heterocycles. The Labute approximate surface area is 155 Å². The molecule has 0 fully saturated rings. The van der Waals surface area contributed by atoms with Gasteiger partial charge in [-0.1, -0.05) is 29.8 Å². The van der Waals surface area contributed by atoms with Crippen LogP contribution in [-0.2, 0) is 0 Å². The van der Waals surface area contributed by atoms with E-state index in [1.165, 1.54) is 0 Å². The third-order valence-corrected chi connectivity index (χ3v) is 5.33. The molecule has 4 rings (SSSR count). The molecule has 1 unspecified atom stereocenters. The summed E-state index contributed by atoms with van der Waals surface area (Å²) in [4.78, 5) is 10.1. The molecule has 0 aliphatic carbocycles. The maximum absolute atomic E-state index is 10.7. The van der Waals surface area contributed by atoms with Crippen LogP contribution in [0.4, 0.5) is 0 Å². The van der Waals surface area contributed by atoms with Crippen molar-refractivity contribution in [2.24, 2.45) is 4.99 Å². The lowest BCUT2D eigenvalue weighted by Gasteiger charge is -2.15. The summed E-state index contributed by atoms with van der Waals surface area (Å²) in [5.74, 6) is 0.512. The first-order chi connectivity index (χ1) is 12.1. The minimum Gasteiger partial charge on any atom is -0.365 e. The number of nitrogens with zero attached hydrogens (tertiary/aromatic N) is 3. The Kier molecular flexibility index (Phi) is 4.15. The van der Waals surface area contributed by atoms with Gasteiger partial charge in [-0.3, -0.25) is 4.57 Å². The molecule has 1 atom stereocenters. The summed E-state index contributed by atoms with van der Waals surface area (Å²) in [7, 11) is 0. The van der Waals surface area contributed by atoms with Crippen LogP contribution in [-0.4, -0.2) is 26.6 Å². The minimum atomic E-state index is -1.05. The summed E-state index contributed by atoms with van der Waals surface area (Å²) in [5, 5.41) is 11.3. The summed E-state index contributed by atoms with van der Waals surface area (Å²) in [6, 6.07) is 13.8. The lowest BCUT2D eigenvalue weighted by molar-refractivity contribution is 0.177. The molecule has 25 heavy (non-hydrogen) atoms. The molecule has 1 aliphatic rings. The number of hydrogen-bond acceptors (Lipinski definition) is 4. The first-order valence-electron chi connectivity index (χ1n) is 7.84. The van der Waals surface area contributed by atoms with Crippen molar-refractivity contribution in [2.45, 2.75) is 18.0 Å². The van der Waals surface area contributed by atoms with Crippen molar-refractivity contribution >= 4 is 29.1 Å². The number of benzene rings is 2. The van der Waals surface area contributed by atoms with Crippen LogP contribution < -0.4 is 0 Å². The highest BCUT2D eigenvalue weighted by Crippen LogP contribution is 2.33. The molecule has 6 heteroatoms. The Morgan fingerprint density at radius 3 is 2.72 bits per heavy atom. The van der Waals surface area contributed by atoms with E-state index >= 15 is 0 Å². The number of aromatic nitrogens is 2. The Bertz CT molecular complexity index is 996. The topological polar surface area (TPSA) is 50.4 Å². The van der Waals surface area contributed by atoms with E-state index in [1.807, 2.05) is 48.1 Å². The Balaban J connectivity index is 2.06. The quantitative estimate of drug-likeness (QED) is 0.681. The van der Waals surface area contributed by atoms with Crippen LogP contribution in [0.1, 0.15) is 28.9 Å². The van der Waals surface area contributed by atoms with Crippen molar-refractivity contribution < 1.29 is 5.11 Å². The van der Waals surface area contributed by atoms with Crippen LogP contribution in [0.2, 0.25) is 5.02 Å². The molecule has 126 valence electrons. The van der Waals surface area contributed by atoms with E-state index in [2.05, 4.69) is 22.1 Å². The third-order valence-electron chi connectivity index (χ3n) is 4.28. The summed E-state index contributed by atoms with van der Waals surface area (Å²) >= 11 is 8.09. The van der Waals surface area contributed by atoms with Gasteiger partial charge in [0.1, 0.15) is 0 Å². The molecule has 1 N–H and O–H groups in total. The number of aryl methyl sites for hydroxylation is 1. The molecule has 0 saturated heterocycles. The van der Waals surface area contributed by atoms with E-state index in [4.69, 9.17) is 11.6 Å². The van der Waals surface area contributed by atoms with Crippen molar-refractivity contribution in [2.75, 3.05) is 6.26 Å². The number of imidazole rings is 1. The van der Waals surface area contributed by atoms with Crippen molar-refractivity contribution in [1.82, 2.24) is 9.55 Å². The summed E-state index contributed by atoms with van der Waals surface area (Å²) in [6.45, 7) is 1.97. The number of fused-ring (bicyclic) bond motifs is 3. The maximum atomic E-state index is 10.7. The number of aliphatic hydroxyl groups is 1. The molecule has 2 heterocycles. The number of rotatable bonds is 2. The number of halogens is 1. The Morgan fingerprint density at radius 2 is 1.96 bits per heavy atom. The van der Waals surface area contributed by atoms with Gasteiger partial charge in [-0.25, -0.2) is 9.98 Å². The fourth-order valence-corrected chi connectivity index (χ4v) is 3.76. The van der Waals surface area contributed by atoms with Crippen molar-refractivity contribution in [3.05, 3.63) is 76.3 Å². The third kappa shape index (κ3) is 2.68. The van der Waals surface area contributed by atoms with Gasteiger partial charge >= 0.3 is 0 Å². The molecular formula is C19H16ClN3OS. The van der Waals surface area contributed by atoms with Gasteiger partial charge in [-0.2, -0.15) is 0 Å². The summed E-state index contributed by atoms with van der Waals surface area (Å²) in [5.41, 5.74) is 4.29. The van der Waals surface area contributed by atoms with Gasteiger partial charge in [0.15, 0.2) is 5.82 Å². The molecule has 2 aromatic carbocycles. The molecule has 0 radical (unpaired) electrons. The second-order valence-electron chi connectivity index (χ2n) is 5.81. The molecular weight excluding hydrogens is 354 g/mol. The molecule has 3 aromatic rings. The summed E-state index contributed by atoms with van der Waals surface area (Å²) in [6.07, 6.45) is 2.74. The zero-order chi connectivity index (χ0) is 17.6. The van der Waals surface area contributed by atoms with E-state index in [9.17, 15) is 5.11 Å². The van der Waals surface area contributed by atoms with Gasteiger partial charge in [-0.15, -0.1) is 11.8 Å². The largest absolute Gasteiger partial charge is 0.365 e. The van der Waals surface area contributed by atoms with E-state index < -0.39 is 6.23 Å². The maximum Gasteiger partial charge on any atom is 0.205 e. The standard InChI is InChI=1S/C19H16ClN3OS/c1-11-10-21-18-19(24)22-17(13-5-3-4-6-15(13)20)14-9-12(25-2)7-8-16(14)23(11)18/h3-10,19,24H,1-2H3.